The molecule has 0 aliphatic heterocycles. The number of carbonyl (C=O) groups excluding carboxylic acids is 1. The molecule has 0 fully saturated rings. The second-order valence-electron chi connectivity index (χ2n) is 4.11. The van der Waals surface area contributed by atoms with Crippen LogP contribution in [0.25, 0.3) is 11.2 Å². The predicted molar refractivity (Wildman–Crippen MR) is 79.6 cm³/mol. The Kier molecular flexibility index (Phi) is 5.03. The lowest BCUT2D eigenvalue weighted by atomic mass is 10.4. The number of imidazole rings is 1. The minimum absolute atomic E-state index is 0.0287. The molecule has 2 aromatic heterocycles. The number of nitrogens with zero attached hydrogens (tertiary/aromatic N) is 3. The summed E-state index contributed by atoms with van der Waals surface area (Å²) in [5, 5.41) is 12.3. The van der Waals surface area contributed by atoms with Crippen molar-refractivity contribution < 1.29 is 14.7 Å². The lowest BCUT2D eigenvalue weighted by molar-refractivity contribution is -0.133. The molecule has 0 aliphatic carbocycles. The average molecular weight is 329 g/mol. The highest BCUT2D eigenvalue weighted by Gasteiger charge is 2.16. The van der Waals surface area contributed by atoms with E-state index in [1.54, 1.807) is 10.6 Å². The van der Waals surface area contributed by atoms with Crippen LogP contribution in [-0.2, 0) is 16.1 Å². The molecule has 7 nitrogen and oxygen atoms in total. The summed E-state index contributed by atoms with van der Waals surface area (Å²) in [5.74, 6) is -1.29. The van der Waals surface area contributed by atoms with Gasteiger partial charge < -0.3 is 10.4 Å². The van der Waals surface area contributed by atoms with Crippen molar-refractivity contribution in [2.24, 2.45) is 0 Å². The number of pyridine rings is 1. The summed E-state index contributed by atoms with van der Waals surface area (Å²) in [6.45, 7) is 2.37. The minimum Gasteiger partial charge on any atom is -0.481 e. The van der Waals surface area contributed by atoms with E-state index in [9.17, 15) is 9.59 Å². The molecular formula is C12H13ClN4O3S. The Labute approximate surface area is 129 Å². The number of hydrogen-bond donors (Lipinski definition) is 2. The Bertz CT molecular complexity index is 688. The van der Waals surface area contributed by atoms with E-state index >= 15 is 0 Å². The molecule has 0 saturated carbocycles. The van der Waals surface area contributed by atoms with E-state index in [0.717, 1.165) is 11.8 Å². The summed E-state index contributed by atoms with van der Waals surface area (Å²) in [4.78, 5) is 30.9. The zero-order chi connectivity index (χ0) is 15.4. The molecule has 0 bridgehead atoms. The van der Waals surface area contributed by atoms with E-state index in [2.05, 4.69) is 15.3 Å². The number of thioether (sulfide) groups is 1. The summed E-state index contributed by atoms with van der Waals surface area (Å²) in [6.07, 6.45) is 1.46. The van der Waals surface area contributed by atoms with Crippen molar-refractivity contribution in [2.75, 3.05) is 12.3 Å². The van der Waals surface area contributed by atoms with E-state index in [4.69, 9.17) is 16.7 Å². The van der Waals surface area contributed by atoms with Crippen LogP contribution in [-0.4, -0.2) is 43.8 Å². The van der Waals surface area contributed by atoms with Crippen molar-refractivity contribution in [1.82, 2.24) is 19.9 Å². The third kappa shape index (κ3) is 3.85. The van der Waals surface area contributed by atoms with Gasteiger partial charge in [0.25, 0.3) is 0 Å². The van der Waals surface area contributed by atoms with Crippen LogP contribution < -0.4 is 5.32 Å². The fraction of sp³-hybridized carbons (Fsp3) is 0.333. The van der Waals surface area contributed by atoms with Crippen molar-refractivity contribution >= 4 is 46.4 Å². The number of fused-ring (bicyclic) bond motifs is 1. The first kappa shape index (κ1) is 15.6. The van der Waals surface area contributed by atoms with Crippen LogP contribution in [0.15, 0.2) is 17.4 Å². The predicted octanol–water partition coefficient (Wildman–Crippen LogP) is 1.40. The molecule has 0 aliphatic rings. The summed E-state index contributed by atoms with van der Waals surface area (Å²) < 4.78 is 1.59. The lowest BCUT2D eigenvalue weighted by Crippen LogP contribution is -2.27. The zero-order valence-corrected chi connectivity index (χ0v) is 12.7. The molecule has 0 atom stereocenters. The number of aliphatic carboxylic acids is 1. The molecule has 0 saturated heterocycles. The summed E-state index contributed by atoms with van der Waals surface area (Å²) in [5.41, 5.74) is 1.03. The van der Waals surface area contributed by atoms with Gasteiger partial charge in [-0.2, -0.15) is 0 Å². The van der Waals surface area contributed by atoms with Crippen LogP contribution in [0.1, 0.15) is 6.92 Å². The molecule has 0 aromatic carbocycles. The molecule has 9 heteroatoms. The highest BCUT2D eigenvalue weighted by atomic mass is 35.5. The second-order valence-corrected chi connectivity index (χ2v) is 5.49. The first-order valence-electron chi connectivity index (χ1n) is 6.14. The minimum atomic E-state index is -0.956. The first-order valence-corrected chi connectivity index (χ1v) is 7.50. The highest BCUT2D eigenvalue weighted by molar-refractivity contribution is 7.99. The Morgan fingerprint density at radius 1 is 1.52 bits per heavy atom. The number of carbonyl (C=O) groups is 2. The third-order valence-corrected chi connectivity index (χ3v) is 3.68. The van der Waals surface area contributed by atoms with E-state index in [1.807, 2.05) is 6.92 Å². The van der Waals surface area contributed by atoms with Crippen molar-refractivity contribution in [3.05, 3.63) is 17.3 Å². The van der Waals surface area contributed by atoms with Gasteiger partial charge in [-0.3, -0.25) is 14.2 Å². The van der Waals surface area contributed by atoms with Gasteiger partial charge in [0.05, 0.1) is 10.8 Å². The van der Waals surface area contributed by atoms with E-state index in [0.29, 0.717) is 27.9 Å². The van der Waals surface area contributed by atoms with Gasteiger partial charge in [0.1, 0.15) is 12.1 Å². The summed E-state index contributed by atoms with van der Waals surface area (Å²) in [6, 6.07) is 1.63. The number of aromatic nitrogens is 3. The van der Waals surface area contributed by atoms with Crippen molar-refractivity contribution in [3.8, 4) is 0 Å². The molecule has 0 spiro atoms. The first-order chi connectivity index (χ1) is 10.0. The molecule has 112 valence electrons. The molecule has 21 heavy (non-hydrogen) atoms. The van der Waals surface area contributed by atoms with Gasteiger partial charge in [-0.1, -0.05) is 23.4 Å². The number of carboxylic acid groups (broad SMARTS) is 1. The number of rotatable bonds is 6. The Hall–Kier alpha value is -1.80. The number of nitrogens with one attached hydrogen (secondary N) is 1. The van der Waals surface area contributed by atoms with Gasteiger partial charge >= 0.3 is 5.97 Å². The van der Waals surface area contributed by atoms with Gasteiger partial charge in [0, 0.05) is 12.7 Å². The fourth-order valence-corrected chi connectivity index (χ4v) is 2.62. The fourth-order valence-electron chi connectivity index (χ4n) is 1.74. The monoisotopic (exact) mass is 328 g/mol. The van der Waals surface area contributed by atoms with Gasteiger partial charge in [0.2, 0.25) is 5.91 Å². The van der Waals surface area contributed by atoms with E-state index < -0.39 is 5.97 Å². The number of carboxylic acids is 1. The molecule has 1 amide bonds. The van der Waals surface area contributed by atoms with Gasteiger partial charge in [-0.25, -0.2) is 9.97 Å². The van der Waals surface area contributed by atoms with Crippen LogP contribution in [0.2, 0.25) is 5.02 Å². The molecular weight excluding hydrogens is 316 g/mol. The maximum absolute atomic E-state index is 11.8. The zero-order valence-electron chi connectivity index (χ0n) is 11.2. The largest absolute Gasteiger partial charge is 0.481 e. The molecule has 2 rings (SSSR count). The topological polar surface area (TPSA) is 97.1 Å². The van der Waals surface area contributed by atoms with Crippen molar-refractivity contribution in [2.45, 2.75) is 18.6 Å². The van der Waals surface area contributed by atoms with Crippen LogP contribution in [0, 0.1) is 0 Å². The quantitative estimate of drug-likeness (QED) is 0.778. The number of likely N-dealkylation sites (N-methyl/N-ethyl adjacent to an activating group) is 1. The number of hydrogen-bond acceptors (Lipinski definition) is 5. The Balaban J connectivity index is 2.39. The Morgan fingerprint density at radius 2 is 2.29 bits per heavy atom. The smallest absolute Gasteiger partial charge is 0.313 e. The van der Waals surface area contributed by atoms with Gasteiger partial charge in [-0.15, -0.1) is 0 Å². The SMILES string of the molecule is CCNC(=O)Cn1c(SCC(=O)O)nc2cc(Cl)cnc21. The van der Waals surface area contributed by atoms with E-state index in [1.165, 1.54) is 6.20 Å². The normalized spacial score (nSPS) is 10.8. The number of amides is 1. The molecule has 0 radical (unpaired) electrons. The maximum atomic E-state index is 11.8. The Morgan fingerprint density at radius 3 is 2.95 bits per heavy atom. The van der Waals surface area contributed by atoms with Gasteiger partial charge in [-0.05, 0) is 13.0 Å². The van der Waals surface area contributed by atoms with Crippen molar-refractivity contribution in [3.63, 3.8) is 0 Å². The number of halogens is 1. The van der Waals surface area contributed by atoms with Crippen molar-refractivity contribution in [1.29, 1.82) is 0 Å². The van der Waals surface area contributed by atoms with E-state index in [-0.39, 0.29) is 18.2 Å². The third-order valence-electron chi connectivity index (χ3n) is 2.52. The average Bonchev–Trinajstić information content (AvgIpc) is 2.74. The summed E-state index contributed by atoms with van der Waals surface area (Å²) in [7, 11) is 0. The lowest BCUT2D eigenvalue weighted by Gasteiger charge is -2.07. The molecule has 2 heterocycles. The molecule has 2 N–H and O–H groups in total. The summed E-state index contributed by atoms with van der Waals surface area (Å²) >= 11 is 6.91. The molecule has 2 aromatic rings. The van der Waals surface area contributed by atoms with Gasteiger partial charge in [0.15, 0.2) is 10.8 Å². The van der Waals surface area contributed by atoms with Crippen LogP contribution >= 0.6 is 23.4 Å². The maximum Gasteiger partial charge on any atom is 0.313 e. The second kappa shape index (κ2) is 6.77. The van der Waals surface area contributed by atoms with Crippen LogP contribution in [0.4, 0.5) is 0 Å². The highest BCUT2D eigenvalue weighted by Crippen LogP contribution is 2.24. The standard InChI is InChI=1S/C12H13ClN4O3S/c1-2-14-9(18)5-17-11-8(3-7(13)4-15-11)16-12(17)21-6-10(19)20/h3-4H,2,5-6H2,1H3,(H,14,18)(H,19,20). The molecule has 0 unspecified atom stereocenters. The van der Waals surface area contributed by atoms with Crippen LogP contribution in [0.3, 0.4) is 0 Å². The van der Waals surface area contributed by atoms with Crippen LogP contribution in [0.5, 0.6) is 0 Å².